The molecule has 1 fully saturated rings. The van der Waals surface area contributed by atoms with Crippen LogP contribution in [0.1, 0.15) is 29.7 Å². The first-order valence-electron chi connectivity index (χ1n) is 6.50. The van der Waals surface area contributed by atoms with Crippen molar-refractivity contribution in [2.45, 2.75) is 32.6 Å². The van der Waals surface area contributed by atoms with Gasteiger partial charge in [0.25, 0.3) is 0 Å². The van der Waals surface area contributed by atoms with Crippen molar-refractivity contribution in [1.29, 1.82) is 0 Å². The molecule has 4 heteroatoms. The van der Waals surface area contributed by atoms with E-state index in [1.807, 2.05) is 0 Å². The monoisotopic (exact) mass is 267 g/mol. The lowest BCUT2D eigenvalue weighted by molar-refractivity contribution is -0.158. The summed E-state index contributed by atoms with van der Waals surface area (Å²) < 4.78 is 4.90. The van der Waals surface area contributed by atoms with E-state index in [-0.39, 0.29) is 11.4 Å². The lowest BCUT2D eigenvalue weighted by Gasteiger charge is -2.39. The Morgan fingerprint density at radius 1 is 1.56 bits per heavy atom. The Morgan fingerprint density at radius 2 is 2.33 bits per heavy atom. The van der Waals surface area contributed by atoms with Crippen LogP contribution in [0.3, 0.4) is 0 Å². The molecule has 1 aliphatic rings. The Bertz CT molecular complexity index is 410. The number of rotatable bonds is 6. The van der Waals surface area contributed by atoms with Crippen LogP contribution >= 0.6 is 11.3 Å². The minimum absolute atomic E-state index is 0.0476. The molecule has 0 aromatic carbocycles. The lowest BCUT2D eigenvalue weighted by atomic mass is 9.68. The van der Waals surface area contributed by atoms with Crippen LogP contribution in [0.15, 0.2) is 11.4 Å². The smallest absolute Gasteiger partial charge is 0.313 e. The fourth-order valence-corrected chi connectivity index (χ4v) is 3.37. The third-order valence-corrected chi connectivity index (χ3v) is 4.97. The van der Waals surface area contributed by atoms with Crippen molar-refractivity contribution in [2.75, 3.05) is 20.2 Å². The molecular formula is C14H21NO2S. The average Bonchev–Trinajstić information content (AvgIpc) is 2.72. The molecule has 1 N–H and O–H groups in total. The van der Waals surface area contributed by atoms with Crippen molar-refractivity contribution >= 4 is 17.3 Å². The van der Waals surface area contributed by atoms with Crippen LogP contribution in [0.4, 0.5) is 0 Å². The number of methoxy groups -OCH3 is 1. The predicted molar refractivity (Wildman–Crippen MR) is 73.9 cm³/mol. The van der Waals surface area contributed by atoms with Gasteiger partial charge >= 0.3 is 5.97 Å². The summed E-state index contributed by atoms with van der Waals surface area (Å²) in [5.41, 5.74) is 1.13. The van der Waals surface area contributed by atoms with Crippen LogP contribution in [0.5, 0.6) is 0 Å². The molecule has 0 amide bonds. The van der Waals surface area contributed by atoms with E-state index < -0.39 is 0 Å². The predicted octanol–water partition coefficient (Wildman–Crippen LogP) is 2.53. The lowest BCUT2D eigenvalue weighted by Crippen LogP contribution is -2.47. The van der Waals surface area contributed by atoms with E-state index >= 15 is 0 Å². The van der Waals surface area contributed by atoms with Gasteiger partial charge < -0.3 is 10.1 Å². The first-order chi connectivity index (χ1) is 8.68. The number of carbonyl (C=O) groups excluding carboxylic acids is 1. The topological polar surface area (TPSA) is 38.3 Å². The van der Waals surface area contributed by atoms with Crippen molar-refractivity contribution in [2.24, 2.45) is 5.41 Å². The number of aryl methyl sites for hydroxylation is 1. The van der Waals surface area contributed by atoms with Crippen LogP contribution in [-0.4, -0.2) is 26.2 Å². The van der Waals surface area contributed by atoms with Crippen LogP contribution in [0, 0.1) is 12.3 Å². The fraction of sp³-hybridized carbons (Fsp3) is 0.643. The van der Waals surface area contributed by atoms with Gasteiger partial charge in [0, 0.05) is 18.0 Å². The molecule has 0 radical (unpaired) electrons. The Kier molecular flexibility index (Phi) is 4.40. The van der Waals surface area contributed by atoms with E-state index in [0.29, 0.717) is 0 Å². The zero-order chi connectivity index (χ0) is 13.0. The number of ether oxygens (including phenoxy) is 1. The third-order valence-electron chi connectivity index (χ3n) is 3.89. The third kappa shape index (κ3) is 2.75. The molecule has 100 valence electrons. The molecule has 0 atom stereocenters. The van der Waals surface area contributed by atoms with Gasteiger partial charge in [0.1, 0.15) is 0 Å². The van der Waals surface area contributed by atoms with Gasteiger partial charge in [-0.1, -0.05) is 6.42 Å². The maximum absolute atomic E-state index is 11.7. The minimum Gasteiger partial charge on any atom is -0.469 e. The van der Waals surface area contributed by atoms with Gasteiger partial charge in [-0.2, -0.15) is 0 Å². The first kappa shape index (κ1) is 13.6. The summed E-state index contributed by atoms with van der Waals surface area (Å²) in [4.78, 5) is 13.2. The van der Waals surface area contributed by atoms with Crippen LogP contribution in [0.2, 0.25) is 0 Å². The van der Waals surface area contributed by atoms with Crippen LogP contribution in [-0.2, 0) is 16.0 Å². The highest BCUT2D eigenvalue weighted by Gasteiger charge is 2.44. The molecule has 18 heavy (non-hydrogen) atoms. The highest BCUT2D eigenvalue weighted by molar-refractivity contribution is 7.10. The van der Waals surface area contributed by atoms with Crippen LogP contribution in [0.25, 0.3) is 0 Å². The highest BCUT2D eigenvalue weighted by Crippen LogP contribution is 2.41. The summed E-state index contributed by atoms with van der Waals surface area (Å²) in [6.45, 7) is 3.83. The van der Waals surface area contributed by atoms with E-state index in [4.69, 9.17) is 4.74 Å². The minimum atomic E-state index is -0.237. The summed E-state index contributed by atoms with van der Waals surface area (Å²) >= 11 is 1.81. The van der Waals surface area contributed by atoms with Crippen molar-refractivity contribution in [3.8, 4) is 0 Å². The number of nitrogens with one attached hydrogen (secondary N) is 1. The van der Waals surface area contributed by atoms with E-state index in [9.17, 15) is 4.79 Å². The molecule has 3 nitrogen and oxygen atoms in total. The number of esters is 1. The number of carbonyl (C=O) groups is 1. The maximum Gasteiger partial charge on any atom is 0.313 e. The Labute approximate surface area is 113 Å². The molecule has 1 aliphatic carbocycles. The van der Waals surface area contributed by atoms with Crippen molar-refractivity contribution in [3.63, 3.8) is 0 Å². The van der Waals surface area contributed by atoms with Gasteiger partial charge in [-0.25, -0.2) is 0 Å². The molecule has 0 spiro atoms. The zero-order valence-electron chi connectivity index (χ0n) is 11.1. The van der Waals surface area contributed by atoms with E-state index in [0.717, 1.165) is 38.8 Å². The largest absolute Gasteiger partial charge is 0.469 e. The summed E-state index contributed by atoms with van der Waals surface area (Å²) in [6, 6.07) is 2.15. The number of hydrogen-bond acceptors (Lipinski definition) is 4. The molecule has 1 aromatic rings. The zero-order valence-corrected chi connectivity index (χ0v) is 11.9. The van der Waals surface area contributed by atoms with Gasteiger partial charge in [0.05, 0.1) is 12.5 Å². The molecule has 0 aliphatic heterocycles. The standard InChI is InChI=1S/C14H21NO2S/c1-11-5-9-18-12(11)4-8-15-10-14(6-3-7-14)13(16)17-2/h5,9,15H,3-4,6-8,10H2,1-2H3. The SMILES string of the molecule is COC(=O)C1(CNCCc2sccc2C)CCC1. The van der Waals surface area contributed by atoms with Crippen molar-refractivity contribution in [1.82, 2.24) is 5.32 Å². The number of thiophene rings is 1. The summed E-state index contributed by atoms with van der Waals surface area (Å²) in [5, 5.41) is 5.55. The van der Waals surface area contributed by atoms with Gasteiger partial charge in [-0.05, 0) is 43.2 Å². The second-order valence-electron chi connectivity index (χ2n) is 5.08. The highest BCUT2D eigenvalue weighted by atomic mass is 32.1. The number of hydrogen-bond donors (Lipinski definition) is 1. The molecule has 1 heterocycles. The fourth-order valence-electron chi connectivity index (χ4n) is 2.46. The summed E-state index contributed by atoms with van der Waals surface area (Å²) in [5.74, 6) is -0.0476. The normalized spacial score (nSPS) is 17.2. The average molecular weight is 267 g/mol. The Morgan fingerprint density at radius 3 is 2.83 bits per heavy atom. The quantitative estimate of drug-likeness (QED) is 0.636. The molecular weight excluding hydrogens is 246 g/mol. The van der Waals surface area contributed by atoms with Gasteiger partial charge in [-0.15, -0.1) is 11.3 Å². The van der Waals surface area contributed by atoms with Crippen molar-refractivity contribution in [3.05, 3.63) is 21.9 Å². The molecule has 1 aromatic heterocycles. The second kappa shape index (κ2) is 5.85. The maximum atomic E-state index is 11.7. The van der Waals surface area contributed by atoms with E-state index in [1.165, 1.54) is 17.6 Å². The molecule has 0 unspecified atom stereocenters. The molecule has 1 saturated carbocycles. The summed E-state index contributed by atoms with van der Waals surface area (Å²) in [6.07, 6.45) is 4.11. The molecule has 0 bridgehead atoms. The van der Waals surface area contributed by atoms with Crippen molar-refractivity contribution < 1.29 is 9.53 Å². The van der Waals surface area contributed by atoms with Gasteiger partial charge in [0.15, 0.2) is 0 Å². The Hall–Kier alpha value is -0.870. The molecule has 0 saturated heterocycles. The van der Waals surface area contributed by atoms with Gasteiger partial charge in [0.2, 0.25) is 0 Å². The second-order valence-corrected chi connectivity index (χ2v) is 6.08. The van der Waals surface area contributed by atoms with E-state index in [2.05, 4.69) is 23.7 Å². The summed E-state index contributed by atoms with van der Waals surface area (Å²) in [7, 11) is 1.48. The van der Waals surface area contributed by atoms with Gasteiger partial charge in [-0.3, -0.25) is 4.79 Å². The first-order valence-corrected chi connectivity index (χ1v) is 7.38. The Balaban J connectivity index is 1.75. The van der Waals surface area contributed by atoms with E-state index in [1.54, 1.807) is 11.3 Å². The molecule has 2 rings (SSSR count). The van der Waals surface area contributed by atoms with Crippen LogP contribution < -0.4 is 5.32 Å².